The van der Waals surface area contributed by atoms with Crippen LogP contribution in [0.2, 0.25) is 0 Å². The van der Waals surface area contributed by atoms with E-state index in [1.165, 1.54) is 0 Å². The Kier molecular flexibility index (Phi) is 5.01. The highest BCUT2D eigenvalue weighted by Crippen LogP contribution is 2.28. The van der Waals surface area contributed by atoms with Crippen LogP contribution in [0, 0.1) is 0 Å². The highest BCUT2D eigenvalue weighted by atomic mass is 16.5. The monoisotopic (exact) mass is 275 g/mol. The summed E-state index contributed by atoms with van der Waals surface area (Å²) >= 11 is 0. The number of nitrogens with zero attached hydrogens (tertiary/aromatic N) is 2. The molecule has 5 heteroatoms. The van der Waals surface area contributed by atoms with E-state index in [2.05, 4.69) is 5.10 Å². The Hall–Kier alpha value is -2.01. The van der Waals surface area contributed by atoms with Crippen molar-refractivity contribution < 1.29 is 9.47 Å². The van der Waals surface area contributed by atoms with Crippen LogP contribution in [-0.2, 0) is 13.0 Å². The van der Waals surface area contributed by atoms with Crippen molar-refractivity contribution in [3.63, 3.8) is 0 Å². The van der Waals surface area contributed by atoms with Gasteiger partial charge in [-0.05, 0) is 37.1 Å². The van der Waals surface area contributed by atoms with E-state index in [0.717, 1.165) is 23.5 Å². The third kappa shape index (κ3) is 3.99. The minimum absolute atomic E-state index is 0.131. The van der Waals surface area contributed by atoms with Gasteiger partial charge in [0.2, 0.25) is 0 Å². The molecule has 0 amide bonds. The minimum Gasteiger partial charge on any atom is -0.493 e. The number of hydrogen-bond acceptors (Lipinski definition) is 4. The molecule has 108 valence electrons. The van der Waals surface area contributed by atoms with Crippen molar-refractivity contribution in [1.29, 1.82) is 0 Å². The lowest BCUT2D eigenvalue weighted by atomic mass is 10.1. The summed E-state index contributed by atoms with van der Waals surface area (Å²) in [5, 5.41) is 4.13. The van der Waals surface area contributed by atoms with Gasteiger partial charge in [0.05, 0.1) is 13.7 Å². The summed E-state index contributed by atoms with van der Waals surface area (Å²) in [6.45, 7) is 3.24. The van der Waals surface area contributed by atoms with Crippen molar-refractivity contribution in [2.75, 3.05) is 13.7 Å². The lowest BCUT2D eigenvalue weighted by Gasteiger charge is -2.13. The van der Waals surface area contributed by atoms with Crippen LogP contribution >= 0.6 is 0 Å². The van der Waals surface area contributed by atoms with Crippen LogP contribution in [0.1, 0.15) is 12.5 Å². The van der Waals surface area contributed by atoms with Gasteiger partial charge < -0.3 is 15.2 Å². The smallest absolute Gasteiger partial charge is 0.161 e. The van der Waals surface area contributed by atoms with Crippen molar-refractivity contribution in [2.45, 2.75) is 25.9 Å². The predicted octanol–water partition coefficient (Wildman–Crippen LogP) is 1.86. The molecule has 5 nitrogen and oxygen atoms in total. The van der Waals surface area contributed by atoms with Crippen LogP contribution in [0.25, 0.3) is 0 Å². The second-order valence-corrected chi connectivity index (χ2v) is 4.78. The number of benzene rings is 1. The van der Waals surface area contributed by atoms with Crippen LogP contribution in [0.3, 0.4) is 0 Å². The van der Waals surface area contributed by atoms with Crippen LogP contribution in [0.4, 0.5) is 0 Å². The summed E-state index contributed by atoms with van der Waals surface area (Å²) in [5.74, 6) is 1.48. The van der Waals surface area contributed by atoms with Crippen LogP contribution < -0.4 is 15.2 Å². The Labute approximate surface area is 119 Å². The average molecular weight is 275 g/mol. The first-order valence-corrected chi connectivity index (χ1v) is 6.71. The van der Waals surface area contributed by atoms with Crippen LogP contribution in [0.15, 0.2) is 36.7 Å². The fourth-order valence-corrected chi connectivity index (χ4v) is 2.01. The summed E-state index contributed by atoms with van der Waals surface area (Å²) in [6, 6.07) is 7.95. The molecule has 1 aromatic carbocycles. The number of nitrogens with two attached hydrogens (primary N) is 1. The molecule has 0 aliphatic rings. The minimum atomic E-state index is 0.131. The van der Waals surface area contributed by atoms with E-state index in [9.17, 15) is 0 Å². The quantitative estimate of drug-likeness (QED) is 0.838. The van der Waals surface area contributed by atoms with E-state index in [-0.39, 0.29) is 6.04 Å². The van der Waals surface area contributed by atoms with E-state index in [4.69, 9.17) is 15.2 Å². The maximum Gasteiger partial charge on any atom is 0.161 e. The third-order valence-electron chi connectivity index (χ3n) is 2.92. The number of rotatable bonds is 7. The molecule has 1 aromatic heterocycles. The first-order chi connectivity index (χ1) is 9.69. The Morgan fingerprint density at radius 3 is 2.85 bits per heavy atom. The molecule has 0 radical (unpaired) electrons. The van der Waals surface area contributed by atoms with Crippen molar-refractivity contribution in [2.24, 2.45) is 5.73 Å². The molecule has 1 unspecified atom stereocenters. The molecule has 2 aromatic rings. The number of ether oxygens (including phenoxy) is 2. The number of hydrogen-bond donors (Lipinski definition) is 1. The second-order valence-electron chi connectivity index (χ2n) is 4.78. The fraction of sp³-hybridized carbons (Fsp3) is 0.400. The van der Waals surface area contributed by atoms with Gasteiger partial charge >= 0.3 is 0 Å². The molecule has 1 heterocycles. The molecule has 2 N–H and O–H groups in total. The summed E-state index contributed by atoms with van der Waals surface area (Å²) in [4.78, 5) is 0. The SMILES string of the molecule is COc1cc(CC(C)N)ccc1OCCn1cccn1. The first kappa shape index (κ1) is 14.4. The standard InChI is InChI=1S/C15H21N3O2/c1-12(16)10-13-4-5-14(15(11-13)19-2)20-9-8-18-7-3-6-17-18/h3-7,11-12H,8-10,16H2,1-2H3. The van der Waals surface area contributed by atoms with Crippen LogP contribution in [0.5, 0.6) is 11.5 Å². The molecule has 0 saturated carbocycles. The molecule has 0 saturated heterocycles. The molecule has 0 aliphatic heterocycles. The van der Waals surface area contributed by atoms with Crippen molar-refractivity contribution >= 4 is 0 Å². The van der Waals surface area contributed by atoms with Gasteiger partial charge in [0.15, 0.2) is 11.5 Å². The zero-order chi connectivity index (χ0) is 14.4. The highest BCUT2D eigenvalue weighted by molar-refractivity contribution is 5.43. The van der Waals surface area contributed by atoms with Gasteiger partial charge in [-0.15, -0.1) is 0 Å². The molecule has 2 rings (SSSR count). The average Bonchev–Trinajstić information content (AvgIpc) is 2.92. The van der Waals surface area contributed by atoms with Gasteiger partial charge in [-0.1, -0.05) is 6.07 Å². The fourth-order valence-electron chi connectivity index (χ4n) is 2.01. The Bertz CT molecular complexity index is 524. The van der Waals surface area contributed by atoms with Gasteiger partial charge in [0, 0.05) is 18.4 Å². The third-order valence-corrected chi connectivity index (χ3v) is 2.92. The Morgan fingerprint density at radius 1 is 1.35 bits per heavy atom. The zero-order valence-electron chi connectivity index (χ0n) is 12.0. The van der Waals surface area contributed by atoms with Crippen molar-refractivity contribution in [3.8, 4) is 11.5 Å². The molecular weight excluding hydrogens is 254 g/mol. The molecule has 0 spiro atoms. The first-order valence-electron chi connectivity index (χ1n) is 6.71. The summed E-state index contributed by atoms with van der Waals surface area (Å²) in [7, 11) is 1.64. The largest absolute Gasteiger partial charge is 0.493 e. The van der Waals surface area contributed by atoms with E-state index in [1.54, 1.807) is 13.3 Å². The van der Waals surface area contributed by atoms with Gasteiger partial charge in [0.1, 0.15) is 6.61 Å². The van der Waals surface area contributed by atoms with Crippen LogP contribution in [-0.4, -0.2) is 29.5 Å². The van der Waals surface area contributed by atoms with E-state index in [1.807, 2.05) is 42.1 Å². The molecule has 20 heavy (non-hydrogen) atoms. The maximum absolute atomic E-state index is 5.81. The lowest BCUT2D eigenvalue weighted by molar-refractivity contribution is 0.274. The number of methoxy groups -OCH3 is 1. The van der Waals surface area contributed by atoms with E-state index in [0.29, 0.717) is 13.2 Å². The van der Waals surface area contributed by atoms with Crippen molar-refractivity contribution in [3.05, 3.63) is 42.2 Å². The van der Waals surface area contributed by atoms with Gasteiger partial charge in [-0.2, -0.15) is 5.10 Å². The van der Waals surface area contributed by atoms with Crippen molar-refractivity contribution in [1.82, 2.24) is 9.78 Å². The summed E-state index contributed by atoms with van der Waals surface area (Å²) in [6.07, 6.45) is 4.49. The molecular formula is C15H21N3O2. The van der Waals surface area contributed by atoms with Gasteiger partial charge in [-0.25, -0.2) is 0 Å². The molecule has 1 atom stereocenters. The lowest BCUT2D eigenvalue weighted by Crippen LogP contribution is -2.17. The predicted molar refractivity (Wildman–Crippen MR) is 78.1 cm³/mol. The second kappa shape index (κ2) is 6.96. The molecule has 0 fully saturated rings. The Morgan fingerprint density at radius 2 is 2.20 bits per heavy atom. The molecule has 0 bridgehead atoms. The summed E-state index contributed by atoms with van der Waals surface area (Å²) in [5.41, 5.74) is 6.96. The Balaban J connectivity index is 1.96. The normalized spacial score (nSPS) is 12.2. The number of aromatic nitrogens is 2. The summed E-state index contributed by atoms with van der Waals surface area (Å²) < 4.78 is 12.9. The van der Waals surface area contributed by atoms with Gasteiger partial charge in [-0.3, -0.25) is 4.68 Å². The molecule has 0 aliphatic carbocycles. The topological polar surface area (TPSA) is 62.3 Å². The van der Waals surface area contributed by atoms with Gasteiger partial charge in [0.25, 0.3) is 0 Å². The zero-order valence-corrected chi connectivity index (χ0v) is 12.0. The van der Waals surface area contributed by atoms with E-state index < -0.39 is 0 Å². The maximum atomic E-state index is 5.81. The highest BCUT2D eigenvalue weighted by Gasteiger charge is 2.07. The van der Waals surface area contributed by atoms with E-state index >= 15 is 0 Å².